The predicted octanol–water partition coefficient (Wildman–Crippen LogP) is 4.37. The third-order valence-electron chi connectivity index (χ3n) is 5.81. The van der Waals surface area contributed by atoms with Gasteiger partial charge < -0.3 is 5.11 Å². The highest BCUT2D eigenvalue weighted by atomic mass is 35.5. The molecule has 2 heteroatoms. The molecule has 2 fully saturated rings. The van der Waals surface area contributed by atoms with Gasteiger partial charge in [-0.3, -0.25) is 0 Å². The van der Waals surface area contributed by atoms with Gasteiger partial charge in [-0.15, -0.1) is 0 Å². The third-order valence-corrected chi connectivity index (χ3v) is 6.05. The Morgan fingerprint density at radius 3 is 2.56 bits per heavy atom. The molecule has 98 valence electrons. The second kappa shape index (κ2) is 3.52. The third kappa shape index (κ3) is 1.27. The van der Waals surface area contributed by atoms with Crippen molar-refractivity contribution in [1.29, 1.82) is 0 Å². The van der Waals surface area contributed by atoms with Crippen LogP contribution >= 0.6 is 11.6 Å². The number of hydrogen-bond acceptors (Lipinski definition) is 1. The molecular formula is C16H21ClO. The average molecular weight is 265 g/mol. The van der Waals surface area contributed by atoms with E-state index in [1.807, 2.05) is 24.3 Å². The van der Waals surface area contributed by atoms with Gasteiger partial charge in [0.25, 0.3) is 0 Å². The second-order valence-corrected chi connectivity index (χ2v) is 7.38. The highest BCUT2D eigenvalue weighted by molar-refractivity contribution is 6.30. The van der Waals surface area contributed by atoms with E-state index in [1.165, 1.54) is 6.42 Å². The predicted molar refractivity (Wildman–Crippen MR) is 74.6 cm³/mol. The monoisotopic (exact) mass is 264 g/mol. The summed E-state index contributed by atoms with van der Waals surface area (Å²) < 4.78 is 0. The van der Waals surface area contributed by atoms with Gasteiger partial charge in [-0.1, -0.05) is 44.5 Å². The fourth-order valence-corrected chi connectivity index (χ4v) is 4.88. The van der Waals surface area contributed by atoms with Crippen molar-refractivity contribution >= 4 is 11.6 Å². The maximum atomic E-state index is 11.5. The van der Waals surface area contributed by atoms with E-state index in [0.717, 1.165) is 18.4 Å². The molecule has 0 heterocycles. The molecule has 0 aliphatic heterocycles. The number of fused-ring (bicyclic) bond motifs is 2. The van der Waals surface area contributed by atoms with E-state index < -0.39 is 5.60 Å². The molecule has 0 aromatic heterocycles. The Morgan fingerprint density at radius 2 is 2.00 bits per heavy atom. The SMILES string of the molecule is CC12CCC(C1)C(C)(C)C2(O)c1cccc(Cl)c1. The lowest BCUT2D eigenvalue weighted by molar-refractivity contribution is -0.150. The van der Waals surface area contributed by atoms with Crippen LogP contribution in [0.5, 0.6) is 0 Å². The van der Waals surface area contributed by atoms with E-state index in [-0.39, 0.29) is 10.8 Å². The maximum absolute atomic E-state index is 11.5. The highest BCUT2D eigenvalue weighted by Crippen LogP contribution is 2.71. The van der Waals surface area contributed by atoms with Crippen LogP contribution in [-0.2, 0) is 5.60 Å². The molecule has 3 rings (SSSR count). The van der Waals surface area contributed by atoms with Crippen LogP contribution < -0.4 is 0 Å². The summed E-state index contributed by atoms with van der Waals surface area (Å²) in [5, 5.41) is 12.2. The summed E-state index contributed by atoms with van der Waals surface area (Å²) in [6.07, 6.45) is 3.49. The average Bonchev–Trinajstić information content (AvgIpc) is 2.77. The highest BCUT2D eigenvalue weighted by Gasteiger charge is 2.68. The summed E-state index contributed by atoms with van der Waals surface area (Å²) in [5.74, 6) is 0.617. The summed E-state index contributed by atoms with van der Waals surface area (Å²) in [4.78, 5) is 0. The Hall–Kier alpha value is -0.530. The molecule has 1 N–H and O–H groups in total. The fraction of sp³-hybridized carbons (Fsp3) is 0.625. The van der Waals surface area contributed by atoms with Crippen LogP contribution in [0.15, 0.2) is 24.3 Å². The summed E-state index contributed by atoms with van der Waals surface area (Å²) in [5.41, 5.74) is 0.148. The first-order valence-electron chi connectivity index (χ1n) is 6.80. The van der Waals surface area contributed by atoms with Crippen LogP contribution in [-0.4, -0.2) is 5.11 Å². The van der Waals surface area contributed by atoms with E-state index in [0.29, 0.717) is 10.9 Å². The van der Waals surface area contributed by atoms with Gasteiger partial charge in [0, 0.05) is 15.9 Å². The minimum atomic E-state index is -0.756. The van der Waals surface area contributed by atoms with Crippen LogP contribution in [0, 0.1) is 16.7 Å². The van der Waals surface area contributed by atoms with E-state index in [1.54, 1.807) is 0 Å². The number of hydrogen-bond donors (Lipinski definition) is 1. The molecule has 0 saturated heterocycles. The number of benzene rings is 1. The van der Waals surface area contributed by atoms with Crippen molar-refractivity contribution in [3.63, 3.8) is 0 Å². The minimum Gasteiger partial charge on any atom is -0.384 e. The maximum Gasteiger partial charge on any atom is 0.100 e. The Balaban J connectivity index is 2.19. The first kappa shape index (κ1) is 12.5. The van der Waals surface area contributed by atoms with Gasteiger partial charge in [0.1, 0.15) is 5.60 Å². The smallest absolute Gasteiger partial charge is 0.100 e. The number of aliphatic hydroxyl groups is 1. The molecule has 1 nitrogen and oxygen atoms in total. The van der Waals surface area contributed by atoms with Crippen LogP contribution in [0.4, 0.5) is 0 Å². The van der Waals surface area contributed by atoms with Gasteiger partial charge in [0.15, 0.2) is 0 Å². The Morgan fingerprint density at radius 1 is 1.28 bits per heavy atom. The first-order chi connectivity index (χ1) is 8.31. The molecule has 0 radical (unpaired) electrons. The lowest BCUT2D eigenvalue weighted by atomic mass is 9.58. The van der Waals surface area contributed by atoms with Crippen LogP contribution in [0.25, 0.3) is 0 Å². The molecule has 18 heavy (non-hydrogen) atoms. The van der Waals surface area contributed by atoms with E-state index in [9.17, 15) is 5.11 Å². The van der Waals surface area contributed by atoms with Gasteiger partial charge >= 0.3 is 0 Å². The molecule has 2 bridgehead atoms. The van der Waals surface area contributed by atoms with Crippen molar-refractivity contribution in [1.82, 2.24) is 0 Å². The van der Waals surface area contributed by atoms with E-state index in [2.05, 4.69) is 20.8 Å². The molecule has 3 atom stereocenters. The van der Waals surface area contributed by atoms with Gasteiger partial charge in [-0.2, -0.15) is 0 Å². The fourth-order valence-electron chi connectivity index (χ4n) is 4.69. The quantitative estimate of drug-likeness (QED) is 0.798. The summed E-state index contributed by atoms with van der Waals surface area (Å²) in [6, 6.07) is 7.78. The molecular weight excluding hydrogens is 244 g/mol. The molecule has 0 amide bonds. The minimum absolute atomic E-state index is 0.00809. The molecule has 2 saturated carbocycles. The number of rotatable bonds is 1. The lowest BCUT2D eigenvalue weighted by Crippen LogP contribution is -2.51. The number of halogens is 1. The van der Waals surface area contributed by atoms with Crippen molar-refractivity contribution in [2.24, 2.45) is 16.7 Å². The van der Waals surface area contributed by atoms with Crippen molar-refractivity contribution in [2.75, 3.05) is 0 Å². The summed E-state index contributed by atoms with van der Waals surface area (Å²) in [7, 11) is 0. The largest absolute Gasteiger partial charge is 0.384 e. The standard InChI is InChI=1S/C16H21ClO/c1-14(2)12-7-8-15(3,10-12)16(14,18)11-5-4-6-13(17)9-11/h4-6,9,12,18H,7-8,10H2,1-3H3. The second-order valence-electron chi connectivity index (χ2n) is 6.94. The Bertz CT molecular complexity index is 489. The van der Waals surface area contributed by atoms with Crippen LogP contribution in [0.2, 0.25) is 5.02 Å². The Labute approximate surface area is 114 Å². The lowest BCUT2D eigenvalue weighted by Gasteiger charge is -2.51. The zero-order valence-electron chi connectivity index (χ0n) is 11.3. The Kier molecular flexibility index (Phi) is 2.44. The normalized spacial score (nSPS) is 41.3. The van der Waals surface area contributed by atoms with Gasteiger partial charge in [0.2, 0.25) is 0 Å². The van der Waals surface area contributed by atoms with Gasteiger partial charge in [-0.05, 0) is 42.9 Å². The van der Waals surface area contributed by atoms with Gasteiger partial charge in [-0.25, -0.2) is 0 Å². The molecule has 1 aromatic rings. The molecule has 1 aromatic carbocycles. The molecule has 0 spiro atoms. The van der Waals surface area contributed by atoms with E-state index in [4.69, 9.17) is 11.6 Å². The van der Waals surface area contributed by atoms with Crippen LogP contribution in [0.3, 0.4) is 0 Å². The topological polar surface area (TPSA) is 20.2 Å². The molecule has 3 unspecified atom stereocenters. The van der Waals surface area contributed by atoms with Crippen molar-refractivity contribution in [2.45, 2.75) is 45.6 Å². The zero-order valence-corrected chi connectivity index (χ0v) is 12.1. The first-order valence-corrected chi connectivity index (χ1v) is 7.17. The molecule has 2 aliphatic rings. The van der Waals surface area contributed by atoms with Crippen molar-refractivity contribution in [3.8, 4) is 0 Å². The summed E-state index contributed by atoms with van der Waals surface area (Å²) >= 11 is 6.11. The van der Waals surface area contributed by atoms with Crippen molar-refractivity contribution < 1.29 is 5.11 Å². The zero-order chi connectivity index (χ0) is 13.2. The van der Waals surface area contributed by atoms with E-state index >= 15 is 0 Å². The van der Waals surface area contributed by atoms with Gasteiger partial charge in [0.05, 0.1) is 0 Å². The van der Waals surface area contributed by atoms with Crippen LogP contribution in [0.1, 0.15) is 45.6 Å². The summed E-state index contributed by atoms with van der Waals surface area (Å²) in [6.45, 7) is 6.66. The molecule has 2 aliphatic carbocycles. The van der Waals surface area contributed by atoms with Crippen molar-refractivity contribution in [3.05, 3.63) is 34.9 Å².